The second-order valence-corrected chi connectivity index (χ2v) is 6.49. The molecule has 1 unspecified atom stereocenters. The fourth-order valence-electron chi connectivity index (χ4n) is 3.59. The van der Waals surface area contributed by atoms with Gasteiger partial charge < -0.3 is 4.57 Å². The molecule has 2 aromatic heterocycles. The molecular weight excluding hydrogens is 300 g/mol. The maximum absolute atomic E-state index is 4.22. The van der Waals surface area contributed by atoms with Crippen molar-refractivity contribution in [2.75, 3.05) is 6.54 Å². The molecule has 0 spiro atoms. The van der Waals surface area contributed by atoms with Crippen LogP contribution in [0.25, 0.3) is 5.69 Å². The minimum absolute atomic E-state index is 0.592. The van der Waals surface area contributed by atoms with Gasteiger partial charge in [0, 0.05) is 31.5 Å². The molecule has 6 nitrogen and oxygen atoms in total. The molecule has 4 rings (SSSR count). The van der Waals surface area contributed by atoms with E-state index >= 15 is 0 Å². The molecule has 3 aromatic rings. The average Bonchev–Trinajstić information content (AvgIpc) is 3.32. The van der Waals surface area contributed by atoms with E-state index < -0.39 is 0 Å². The third kappa shape index (κ3) is 3.10. The molecule has 124 valence electrons. The summed E-state index contributed by atoms with van der Waals surface area (Å²) in [5, 5.41) is 4.22. The van der Waals surface area contributed by atoms with Crippen molar-refractivity contribution in [2.45, 2.75) is 38.9 Å². The number of likely N-dealkylation sites (tertiary alicyclic amines) is 1. The zero-order chi connectivity index (χ0) is 16.4. The Kier molecular flexibility index (Phi) is 4.13. The number of hydrogen-bond donors (Lipinski definition) is 0. The van der Waals surface area contributed by atoms with Gasteiger partial charge in [-0.25, -0.2) is 14.6 Å². The van der Waals surface area contributed by atoms with Crippen molar-refractivity contribution in [1.82, 2.24) is 29.2 Å². The van der Waals surface area contributed by atoms with Gasteiger partial charge in [0.05, 0.1) is 12.0 Å². The van der Waals surface area contributed by atoms with Gasteiger partial charge in [0.2, 0.25) is 0 Å². The molecule has 1 aliphatic heterocycles. The molecule has 1 saturated heterocycles. The van der Waals surface area contributed by atoms with Gasteiger partial charge in [-0.3, -0.25) is 4.90 Å². The summed E-state index contributed by atoms with van der Waals surface area (Å²) in [7, 11) is 0. The third-order valence-corrected chi connectivity index (χ3v) is 4.79. The maximum Gasteiger partial charge on any atom is 0.138 e. The van der Waals surface area contributed by atoms with Gasteiger partial charge in [-0.05, 0) is 43.5 Å². The summed E-state index contributed by atoms with van der Waals surface area (Å²) in [4.78, 5) is 10.8. The molecule has 1 fully saturated rings. The Morgan fingerprint density at radius 3 is 2.92 bits per heavy atom. The molecule has 1 aromatic carbocycles. The number of hydrogen-bond acceptors (Lipinski definition) is 4. The highest BCUT2D eigenvalue weighted by atomic mass is 15.3. The Labute approximate surface area is 141 Å². The molecule has 24 heavy (non-hydrogen) atoms. The van der Waals surface area contributed by atoms with Gasteiger partial charge in [0.25, 0.3) is 0 Å². The fraction of sp³-hybridized carbons (Fsp3) is 0.389. The van der Waals surface area contributed by atoms with Crippen molar-refractivity contribution < 1.29 is 0 Å². The van der Waals surface area contributed by atoms with Crippen LogP contribution in [0.1, 0.15) is 24.0 Å². The topological polar surface area (TPSA) is 51.8 Å². The SMILES string of the molecule is Cc1cc(CN2CCCC2Cn2ccnc2)ccc1-n1cncn1. The lowest BCUT2D eigenvalue weighted by atomic mass is 10.1. The van der Waals surface area contributed by atoms with E-state index in [0.29, 0.717) is 6.04 Å². The summed E-state index contributed by atoms with van der Waals surface area (Å²) in [5.41, 5.74) is 3.67. The Bertz CT molecular complexity index is 778. The first-order chi connectivity index (χ1) is 11.8. The lowest BCUT2D eigenvalue weighted by Gasteiger charge is -2.25. The Morgan fingerprint density at radius 1 is 1.21 bits per heavy atom. The largest absolute Gasteiger partial charge is 0.336 e. The van der Waals surface area contributed by atoms with Crippen molar-refractivity contribution in [3.8, 4) is 5.69 Å². The summed E-state index contributed by atoms with van der Waals surface area (Å²) in [6.45, 7) is 5.32. The van der Waals surface area contributed by atoms with Gasteiger partial charge in [-0.2, -0.15) is 5.10 Å². The van der Waals surface area contributed by atoms with Gasteiger partial charge in [0.1, 0.15) is 12.7 Å². The molecule has 0 amide bonds. The molecule has 1 atom stereocenters. The van der Waals surface area contributed by atoms with Crippen molar-refractivity contribution >= 4 is 0 Å². The first-order valence-corrected chi connectivity index (χ1v) is 8.44. The van der Waals surface area contributed by atoms with Gasteiger partial charge in [-0.1, -0.05) is 12.1 Å². The number of rotatable bonds is 5. The van der Waals surface area contributed by atoms with Crippen molar-refractivity contribution in [2.24, 2.45) is 0 Å². The molecule has 0 aliphatic carbocycles. The summed E-state index contributed by atoms with van der Waals surface area (Å²) in [5.74, 6) is 0. The normalized spacial score (nSPS) is 18.3. The van der Waals surface area contributed by atoms with Crippen LogP contribution >= 0.6 is 0 Å². The lowest BCUT2D eigenvalue weighted by Crippen LogP contribution is -2.32. The molecule has 0 saturated carbocycles. The first kappa shape index (κ1) is 15.1. The van der Waals surface area contributed by atoms with Crippen LogP contribution in [0.3, 0.4) is 0 Å². The van der Waals surface area contributed by atoms with Crippen LogP contribution in [0, 0.1) is 6.92 Å². The van der Waals surface area contributed by atoms with E-state index in [1.165, 1.54) is 30.5 Å². The number of aryl methyl sites for hydroxylation is 1. The van der Waals surface area contributed by atoms with Gasteiger partial charge >= 0.3 is 0 Å². The smallest absolute Gasteiger partial charge is 0.138 e. The number of benzene rings is 1. The fourth-order valence-corrected chi connectivity index (χ4v) is 3.59. The predicted molar refractivity (Wildman–Crippen MR) is 91.8 cm³/mol. The molecule has 1 aliphatic rings. The molecule has 0 N–H and O–H groups in total. The van der Waals surface area contributed by atoms with Crippen LogP contribution in [0.15, 0.2) is 49.6 Å². The highest BCUT2D eigenvalue weighted by molar-refractivity contribution is 5.41. The number of nitrogens with zero attached hydrogens (tertiary/aromatic N) is 6. The van der Waals surface area contributed by atoms with Gasteiger partial charge in [-0.15, -0.1) is 0 Å². The predicted octanol–water partition coefficient (Wildman–Crippen LogP) is 2.44. The molecule has 0 bridgehead atoms. The van der Waals surface area contributed by atoms with Crippen LogP contribution in [0.4, 0.5) is 0 Å². The average molecular weight is 322 g/mol. The zero-order valence-corrected chi connectivity index (χ0v) is 13.9. The van der Waals surface area contributed by atoms with E-state index in [4.69, 9.17) is 0 Å². The van der Waals surface area contributed by atoms with Crippen LogP contribution in [-0.2, 0) is 13.1 Å². The van der Waals surface area contributed by atoms with Crippen LogP contribution < -0.4 is 0 Å². The lowest BCUT2D eigenvalue weighted by molar-refractivity contribution is 0.224. The van der Waals surface area contributed by atoms with E-state index in [0.717, 1.165) is 18.8 Å². The summed E-state index contributed by atoms with van der Waals surface area (Å²) >= 11 is 0. The van der Waals surface area contributed by atoms with Crippen molar-refractivity contribution in [1.29, 1.82) is 0 Å². The quantitative estimate of drug-likeness (QED) is 0.724. The van der Waals surface area contributed by atoms with E-state index in [9.17, 15) is 0 Å². The van der Waals surface area contributed by atoms with Gasteiger partial charge in [0.15, 0.2) is 0 Å². The minimum atomic E-state index is 0.592. The molecular formula is C18H22N6. The summed E-state index contributed by atoms with van der Waals surface area (Å²) in [6, 6.07) is 7.20. The highest BCUT2D eigenvalue weighted by Gasteiger charge is 2.24. The minimum Gasteiger partial charge on any atom is -0.336 e. The van der Waals surface area contributed by atoms with Crippen molar-refractivity contribution in [3.63, 3.8) is 0 Å². The number of imidazole rings is 1. The summed E-state index contributed by atoms with van der Waals surface area (Å²) < 4.78 is 4.00. The van der Waals surface area contributed by atoms with E-state index in [1.54, 1.807) is 12.7 Å². The molecule has 0 radical (unpaired) electrons. The van der Waals surface area contributed by atoms with Crippen LogP contribution in [0.5, 0.6) is 0 Å². The second-order valence-electron chi connectivity index (χ2n) is 6.49. The zero-order valence-electron chi connectivity index (χ0n) is 13.9. The monoisotopic (exact) mass is 322 g/mol. The third-order valence-electron chi connectivity index (χ3n) is 4.79. The van der Waals surface area contributed by atoms with Crippen LogP contribution in [0.2, 0.25) is 0 Å². The second kappa shape index (κ2) is 6.57. The summed E-state index contributed by atoms with van der Waals surface area (Å²) in [6.07, 6.45) is 11.7. The number of aromatic nitrogens is 5. The van der Waals surface area contributed by atoms with Crippen LogP contribution in [-0.4, -0.2) is 41.8 Å². The first-order valence-electron chi connectivity index (χ1n) is 8.44. The Balaban J connectivity index is 1.47. The standard InChI is InChI=1S/C18H22N6/c1-15-9-16(4-5-18(15)24-14-20-12-21-24)10-23-7-2-3-17(23)11-22-8-6-19-13-22/h4-6,8-9,12-14,17H,2-3,7,10-11H2,1H3. The maximum atomic E-state index is 4.22. The van der Waals surface area contributed by atoms with E-state index in [1.807, 2.05) is 23.4 Å². The van der Waals surface area contributed by atoms with Crippen molar-refractivity contribution in [3.05, 3.63) is 60.7 Å². The Hall–Kier alpha value is -2.47. The Morgan fingerprint density at radius 2 is 2.17 bits per heavy atom. The van der Waals surface area contributed by atoms with E-state index in [2.05, 4.69) is 49.7 Å². The molecule has 3 heterocycles. The molecule has 6 heteroatoms. The van der Waals surface area contributed by atoms with E-state index in [-0.39, 0.29) is 0 Å². The highest BCUT2D eigenvalue weighted by Crippen LogP contribution is 2.23.